The number of pyridine rings is 1. The number of aromatic nitrogens is 4. The van der Waals surface area contributed by atoms with Crippen molar-refractivity contribution in [2.45, 2.75) is 12.8 Å². The molecule has 0 atom stereocenters. The van der Waals surface area contributed by atoms with Crippen LogP contribution in [0.25, 0.3) is 5.65 Å². The van der Waals surface area contributed by atoms with E-state index in [-0.39, 0.29) is 17.9 Å². The molecule has 0 aliphatic rings. The Hall–Kier alpha value is -3.66. The fourth-order valence-electron chi connectivity index (χ4n) is 2.86. The molecule has 3 heterocycles. The molecule has 4 rings (SSSR count). The van der Waals surface area contributed by atoms with Gasteiger partial charge in [0.1, 0.15) is 11.6 Å². The van der Waals surface area contributed by atoms with Crippen LogP contribution in [0.3, 0.4) is 0 Å². The SMILES string of the molecule is O=C(Cc1csc(NC(=O)c2ccccc2F)n1)NCCc1nnc2ccccn12. The van der Waals surface area contributed by atoms with Gasteiger partial charge >= 0.3 is 0 Å². The zero-order valence-corrected chi connectivity index (χ0v) is 16.5. The highest BCUT2D eigenvalue weighted by molar-refractivity contribution is 7.14. The molecule has 2 N–H and O–H groups in total. The summed E-state index contributed by atoms with van der Waals surface area (Å²) in [6, 6.07) is 11.3. The lowest BCUT2D eigenvalue weighted by Gasteiger charge is -2.04. The van der Waals surface area contributed by atoms with Crippen LogP contribution in [0.1, 0.15) is 21.9 Å². The van der Waals surface area contributed by atoms with E-state index in [0.717, 1.165) is 11.5 Å². The highest BCUT2D eigenvalue weighted by Crippen LogP contribution is 2.17. The summed E-state index contributed by atoms with van der Waals surface area (Å²) in [7, 11) is 0. The van der Waals surface area contributed by atoms with Crippen molar-refractivity contribution in [2.24, 2.45) is 0 Å². The van der Waals surface area contributed by atoms with Crippen molar-refractivity contribution >= 4 is 33.9 Å². The highest BCUT2D eigenvalue weighted by Gasteiger charge is 2.14. The van der Waals surface area contributed by atoms with Gasteiger partial charge in [0.2, 0.25) is 5.91 Å². The lowest BCUT2D eigenvalue weighted by atomic mass is 10.2. The van der Waals surface area contributed by atoms with E-state index in [4.69, 9.17) is 0 Å². The van der Waals surface area contributed by atoms with E-state index in [1.54, 1.807) is 11.4 Å². The zero-order valence-electron chi connectivity index (χ0n) is 15.7. The third-order valence-electron chi connectivity index (χ3n) is 4.29. The highest BCUT2D eigenvalue weighted by atomic mass is 32.1. The molecular formula is C20H17FN6O2S. The molecule has 152 valence electrons. The van der Waals surface area contributed by atoms with Gasteiger partial charge in [-0.3, -0.25) is 19.3 Å². The fourth-order valence-corrected chi connectivity index (χ4v) is 3.56. The van der Waals surface area contributed by atoms with Gasteiger partial charge in [-0.15, -0.1) is 21.5 Å². The number of hydrogen-bond donors (Lipinski definition) is 2. The largest absolute Gasteiger partial charge is 0.355 e. The maximum Gasteiger partial charge on any atom is 0.260 e. The summed E-state index contributed by atoms with van der Waals surface area (Å²) in [5, 5.41) is 15.6. The first kappa shape index (κ1) is 19.6. The number of carbonyl (C=O) groups is 2. The Labute approximate surface area is 174 Å². The monoisotopic (exact) mass is 424 g/mol. The number of anilines is 1. The number of fused-ring (bicyclic) bond motifs is 1. The molecule has 1 aromatic carbocycles. The maximum atomic E-state index is 13.7. The second-order valence-corrected chi connectivity index (χ2v) is 7.26. The number of thiazole rings is 1. The zero-order chi connectivity index (χ0) is 20.9. The number of rotatable bonds is 7. The van der Waals surface area contributed by atoms with Gasteiger partial charge in [-0.2, -0.15) is 0 Å². The van der Waals surface area contributed by atoms with Gasteiger partial charge in [-0.05, 0) is 24.3 Å². The Bertz CT molecular complexity index is 1200. The van der Waals surface area contributed by atoms with Crippen LogP contribution in [0.5, 0.6) is 0 Å². The predicted molar refractivity (Wildman–Crippen MR) is 110 cm³/mol. The van der Waals surface area contributed by atoms with E-state index >= 15 is 0 Å². The average Bonchev–Trinajstić information content (AvgIpc) is 3.35. The Morgan fingerprint density at radius 2 is 1.93 bits per heavy atom. The second kappa shape index (κ2) is 8.78. The van der Waals surface area contributed by atoms with Crippen LogP contribution in [-0.4, -0.2) is 37.9 Å². The molecule has 0 bridgehead atoms. The Morgan fingerprint density at radius 1 is 1.10 bits per heavy atom. The third kappa shape index (κ3) is 4.49. The Balaban J connectivity index is 1.27. The molecule has 0 saturated heterocycles. The minimum atomic E-state index is -0.605. The van der Waals surface area contributed by atoms with E-state index in [9.17, 15) is 14.0 Å². The molecule has 4 aromatic rings. The van der Waals surface area contributed by atoms with E-state index in [2.05, 4.69) is 25.8 Å². The number of benzene rings is 1. The number of amides is 2. The first-order valence-corrected chi connectivity index (χ1v) is 10.0. The normalized spacial score (nSPS) is 10.8. The van der Waals surface area contributed by atoms with Gasteiger partial charge in [0.15, 0.2) is 10.8 Å². The Kier molecular flexibility index (Phi) is 5.75. The van der Waals surface area contributed by atoms with E-state index in [1.165, 1.54) is 29.5 Å². The van der Waals surface area contributed by atoms with Crippen molar-refractivity contribution in [3.63, 3.8) is 0 Å². The van der Waals surface area contributed by atoms with E-state index < -0.39 is 11.7 Å². The number of nitrogens with one attached hydrogen (secondary N) is 2. The standard InChI is InChI=1S/C20H17FN6O2S/c21-15-6-2-1-5-14(15)19(29)24-20-23-13(12-30-20)11-18(28)22-9-8-17-26-25-16-7-3-4-10-27(16)17/h1-7,10,12H,8-9,11H2,(H,22,28)(H,23,24,29). The summed E-state index contributed by atoms with van der Waals surface area (Å²) in [6.45, 7) is 0.412. The molecule has 2 amide bonds. The van der Waals surface area contributed by atoms with Crippen LogP contribution < -0.4 is 10.6 Å². The molecule has 3 aromatic heterocycles. The van der Waals surface area contributed by atoms with Gasteiger partial charge in [0, 0.05) is 24.5 Å². The fraction of sp³-hybridized carbons (Fsp3) is 0.150. The summed E-state index contributed by atoms with van der Waals surface area (Å²) in [5.74, 6) is -0.621. The van der Waals surface area contributed by atoms with Crippen molar-refractivity contribution in [3.05, 3.63) is 76.9 Å². The molecule has 0 radical (unpaired) electrons. The van der Waals surface area contributed by atoms with Gasteiger partial charge in [0.25, 0.3) is 5.91 Å². The predicted octanol–water partition coefficient (Wildman–Crippen LogP) is 2.48. The number of hydrogen-bond acceptors (Lipinski definition) is 6. The number of nitrogens with zero attached hydrogens (tertiary/aromatic N) is 4. The maximum absolute atomic E-state index is 13.7. The summed E-state index contributed by atoms with van der Waals surface area (Å²) in [5.41, 5.74) is 1.22. The van der Waals surface area contributed by atoms with Crippen molar-refractivity contribution in [1.29, 1.82) is 0 Å². The van der Waals surface area contributed by atoms with Crippen molar-refractivity contribution < 1.29 is 14.0 Å². The van der Waals surface area contributed by atoms with Crippen LogP contribution in [0.2, 0.25) is 0 Å². The van der Waals surface area contributed by atoms with Gasteiger partial charge in [-0.25, -0.2) is 9.37 Å². The summed E-state index contributed by atoms with van der Waals surface area (Å²) >= 11 is 1.18. The molecule has 0 spiro atoms. The van der Waals surface area contributed by atoms with Crippen molar-refractivity contribution in [3.8, 4) is 0 Å². The first-order valence-electron chi connectivity index (χ1n) is 9.16. The Morgan fingerprint density at radius 3 is 2.80 bits per heavy atom. The van der Waals surface area contributed by atoms with Crippen molar-refractivity contribution in [1.82, 2.24) is 24.9 Å². The van der Waals surface area contributed by atoms with Crippen LogP contribution in [0.4, 0.5) is 9.52 Å². The van der Waals surface area contributed by atoms with Gasteiger partial charge in [-0.1, -0.05) is 18.2 Å². The summed E-state index contributed by atoms with van der Waals surface area (Å²) < 4.78 is 15.6. The molecule has 0 fully saturated rings. The van der Waals surface area contributed by atoms with Crippen LogP contribution >= 0.6 is 11.3 Å². The molecule has 0 saturated carbocycles. The number of halogens is 1. The smallest absolute Gasteiger partial charge is 0.260 e. The first-order chi connectivity index (χ1) is 14.6. The number of carbonyl (C=O) groups excluding carboxylic acids is 2. The molecule has 0 aliphatic carbocycles. The lowest BCUT2D eigenvalue weighted by molar-refractivity contribution is -0.120. The summed E-state index contributed by atoms with van der Waals surface area (Å²) in [6.07, 6.45) is 2.49. The molecule has 8 nitrogen and oxygen atoms in total. The van der Waals surface area contributed by atoms with Crippen LogP contribution in [0.15, 0.2) is 54.0 Å². The molecule has 30 heavy (non-hydrogen) atoms. The lowest BCUT2D eigenvalue weighted by Crippen LogP contribution is -2.27. The summed E-state index contributed by atoms with van der Waals surface area (Å²) in [4.78, 5) is 28.5. The van der Waals surface area contributed by atoms with E-state index in [1.807, 2.05) is 28.8 Å². The molecule has 0 unspecified atom stereocenters. The van der Waals surface area contributed by atoms with Crippen LogP contribution in [-0.2, 0) is 17.6 Å². The van der Waals surface area contributed by atoms with Gasteiger partial charge in [0.05, 0.1) is 17.7 Å². The van der Waals surface area contributed by atoms with Gasteiger partial charge < -0.3 is 5.32 Å². The molecule has 10 heteroatoms. The molecule has 0 aliphatic heterocycles. The van der Waals surface area contributed by atoms with E-state index in [0.29, 0.717) is 23.8 Å². The quantitative estimate of drug-likeness (QED) is 0.475. The minimum Gasteiger partial charge on any atom is -0.355 e. The van der Waals surface area contributed by atoms with Crippen molar-refractivity contribution in [2.75, 3.05) is 11.9 Å². The third-order valence-corrected chi connectivity index (χ3v) is 5.09. The minimum absolute atomic E-state index is 0.0620. The topological polar surface area (TPSA) is 101 Å². The van der Waals surface area contributed by atoms with Crippen LogP contribution in [0, 0.1) is 5.82 Å². The second-order valence-electron chi connectivity index (χ2n) is 6.40. The average molecular weight is 424 g/mol. The molecular weight excluding hydrogens is 407 g/mol.